The minimum atomic E-state index is -0.681. The Balaban J connectivity index is 1.64. The summed E-state index contributed by atoms with van der Waals surface area (Å²) in [7, 11) is 2.12. The Labute approximate surface area is 114 Å². The predicted octanol–water partition coefficient (Wildman–Crippen LogP) is 0.835. The van der Waals surface area contributed by atoms with Gasteiger partial charge in [-0.1, -0.05) is 0 Å². The van der Waals surface area contributed by atoms with Crippen LogP contribution in [-0.2, 0) is 9.53 Å². The maximum atomic E-state index is 11.7. The van der Waals surface area contributed by atoms with Crippen LogP contribution >= 0.6 is 0 Å². The van der Waals surface area contributed by atoms with E-state index in [4.69, 9.17) is 4.74 Å². The molecule has 5 nitrogen and oxygen atoms in total. The van der Waals surface area contributed by atoms with Crippen LogP contribution in [0, 0.1) is 0 Å². The maximum absolute atomic E-state index is 11.7. The van der Waals surface area contributed by atoms with E-state index in [9.17, 15) is 9.90 Å². The number of carboxylic acid groups (broad SMARTS) is 1. The highest BCUT2D eigenvalue weighted by molar-refractivity contribution is 5.79. The lowest BCUT2D eigenvalue weighted by Gasteiger charge is -2.31. The van der Waals surface area contributed by atoms with Crippen LogP contribution in [0.15, 0.2) is 0 Å². The third kappa shape index (κ3) is 2.64. The second-order valence-electron chi connectivity index (χ2n) is 6.39. The van der Waals surface area contributed by atoms with Crippen molar-refractivity contribution in [1.82, 2.24) is 10.2 Å². The molecule has 1 heterocycles. The number of ether oxygens (including phenoxy) is 1. The smallest absolute Gasteiger partial charge is 0.323 e. The van der Waals surface area contributed by atoms with Gasteiger partial charge in [0.25, 0.3) is 0 Å². The topological polar surface area (TPSA) is 61.8 Å². The quantitative estimate of drug-likeness (QED) is 0.773. The van der Waals surface area contributed by atoms with Crippen molar-refractivity contribution in [1.29, 1.82) is 0 Å². The summed E-state index contributed by atoms with van der Waals surface area (Å²) < 4.78 is 5.44. The Hall–Kier alpha value is -0.650. The summed E-state index contributed by atoms with van der Waals surface area (Å²) >= 11 is 0. The number of nitrogens with one attached hydrogen (secondary N) is 1. The minimum absolute atomic E-state index is 0.369. The first kappa shape index (κ1) is 13.3. The third-order valence-corrected chi connectivity index (χ3v) is 5.01. The SMILES string of the molecule is CN(C1CCOC1)C1CCC(NC2CC2)(C(=O)O)C1. The molecule has 2 saturated carbocycles. The lowest BCUT2D eigenvalue weighted by molar-refractivity contribution is -0.145. The van der Waals surface area contributed by atoms with Gasteiger partial charge in [0, 0.05) is 24.7 Å². The molecule has 3 atom stereocenters. The highest BCUT2D eigenvalue weighted by Crippen LogP contribution is 2.37. The fourth-order valence-corrected chi connectivity index (χ4v) is 3.51. The number of rotatable bonds is 5. The van der Waals surface area contributed by atoms with Gasteiger partial charge < -0.3 is 9.84 Å². The van der Waals surface area contributed by atoms with Crippen LogP contribution in [0.25, 0.3) is 0 Å². The van der Waals surface area contributed by atoms with Crippen LogP contribution < -0.4 is 5.32 Å². The number of likely N-dealkylation sites (N-methyl/N-ethyl adjacent to an activating group) is 1. The molecule has 3 rings (SSSR count). The largest absolute Gasteiger partial charge is 0.480 e. The molecule has 19 heavy (non-hydrogen) atoms. The average Bonchev–Trinajstić information content (AvgIpc) is 2.90. The molecule has 2 aliphatic carbocycles. The molecule has 0 radical (unpaired) electrons. The average molecular weight is 268 g/mol. The zero-order valence-corrected chi connectivity index (χ0v) is 11.6. The first-order valence-corrected chi connectivity index (χ1v) is 7.41. The van der Waals surface area contributed by atoms with Gasteiger partial charge >= 0.3 is 5.97 Å². The van der Waals surface area contributed by atoms with Crippen LogP contribution in [0.3, 0.4) is 0 Å². The van der Waals surface area contributed by atoms with Crippen molar-refractivity contribution in [2.24, 2.45) is 0 Å². The molecule has 1 aliphatic heterocycles. The number of carboxylic acids is 1. The summed E-state index contributed by atoms with van der Waals surface area (Å²) in [6.45, 7) is 1.63. The van der Waals surface area contributed by atoms with Crippen LogP contribution in [0.5, 0.6) is 0 Å². The Morgan fingerprint density at radius 1 is 1.32 bits per heavy atom. The molecule has 3 fully saturated rings. The van der Waals surface area contributed by atoms with Gasteiger partial charge in [-0.25, -0.2) is 0 Å². The van der Waals surface area contributed by atoms with Gasteiger partial charge in [0.15, 0.2) is 0 Å². The first-order chi connectivity index (χ1) is 9.11. The Morgan fingerprint density at radius 3 is 2.68 bits per heavy atom. The number of nitrogens with zero attached hydrogens (tertiary/aromatic N) is 1. The van der Waals surface area contributed by atoms with Crippen molar-refractivity contribution in [3.05, 3.63) is 0 Å². The lowest BCUT2D eigenvalue weighted by atomic mass is 9.97. The Kier molecular flexibility index (Phi) is 3.53. The molecule has 0 amide bonds. The van der Waals surface area contributed by atoms with Crippen molar-refractivity contribution < 1.29 is 14.6 Å². The highest BCUT2D eigenvalue weighted by Gasteiger charge is 2.49. The van der Waals surface area contributed by atoms with Crippen molar-refractivity contribution >= 4 is 5.97 Å². The van der Waals surface area contributed by atoms with Gasteiger partial charge in [0.2, 0.25) is 0 Å². The summed E-state index contributed by atoms with van der Waals surface area (Å²) in [5, 5.41) is 13.0. The summed E-state index contributed by atoms with van der Waals surface area (Å²) in [5.74, 6) is -0.669. The van der Waals surface area contributed by atoms with Crippen LogP contribution in [0.1, 0.15) is 38.5 Å². The van der Waals surface area contributed by atoms with Gasteiger partial charge in [0.1, 0.15) is 5.54 Å². The van der Waals surface area contributed by atoms with Crippen LogP contribution in [-0.4, -0.2) is 59.9 Å². The number of hydrogen-bond acceptors (Lipinski definition) is 4. The van der Waals surface area contributed by atoms with Crippen molar-refractivity contribution in [2.45, 2.75) is 62.2 Å². The van der Waals surface area contributed by atoms with E-state index in [0.29, 0.717) is 18.1 Å². The molecule has 3 aliphatic rings. The predicted molar refractivity (Wildman–Crippen MR) is 71.2 cm³/mol. The molecule has 2 N–H and O–H groups in total. The molecule has 1 saturated heterocycles. The summed E-state index contributed by atoms with van der Waals surface area (Å²) in [4.78, 5) is 14.0. The lowest BCUT2D eigenvalue weighted by Crippen LogP contribution is -2.52. The van der Waals surface area contributed by atoms with E-state index in [2.05, 4.69) is 17.3 Å². The van der Waals surface area contributed by atoms with Crippen LogP contribution in [0.4, 0.5) is 0 Å². The van der Waals surface area contributed by atoms with E-state index in [1.807, 2.05) is 0 Å². The minimum Gasteiger partial charge on any atom is -0.480 e. The molecule has 0 bridgehead atoms. The third-order valence-electron chi connectivity index (χ3n) is 5.01. The fourth-order valence-electron chi connectivity index (χ4n) is 3.51. The van der Waals surface area contributed by atoms with E-state index in [0.717, 1.165) is 51.7 Å². The second-order valence-corrected chi connectivity index (χ2v) is 6.39. The number of aliphatic carboxylic acids is 1. The maximum Gasteiger partial charge on any atom is 0.323 e. The molecule has 0 aromatic heterocycles. The van der Waals surface area contributed by atoms with E-state index in [-0.39, 0.29) is 0 Å². The molecule has 0 aromatic rings. The summed E-state index contributed by atoms with van der Waals surface area (Å²) in [6, 6.07) is 1.28. The van der Waals surface area contributed by atoms with Gasteiger partial charge in [-0.3, -0.25) is 15.0 Å². The van der Waals surface area contributed by atoms with Crippen molar-refractivity contribution in [2.75, 3.05) is 20.3 Å². The number of carbonyl (C=O) groups is 1. The van der Waals surface area contributed by atoms with E-state index in [1.165, 1.54) is 0 Å². The standard InChI is InChI=1S/C14H24N2O3/c1-16(12-5-7-19-9-12)11-4-6-14(8-11,13(17)18)15-10-2-3-10/h10-12,15H,2-9H2,1H3,(H,17,18). The fraction of sp³-hybridized carbons (Fsp3) is 0.929. The normalized spacial score (nSPS) is 39.1. The van der Waals surface area contributed by atoms with Gasteiger partial charge in [0.05, 0.1) is 6.61 Å². The molecule has 108 valence electrons. The Bertz CT molecular complexity index is 353. The zero-order valence-electron chi connectivity index (χ0n) is 11.6. The van der Waals surface area contributed by atoms with Crippen molar-refractivity contribution in [3.63, 3.8) is 0 Å². The summed E-state index contributed by atoms with van der Waals surface area (Å²) in [6.07, 6.45) is 5.79. The second kappa shape index (κ2) is 5.04. The zero-order chi connectivity index (χ0) is 13.5. The first-order valence-electron chi connectivity index (χ1n) is 7.41. The molecular formula is C14H24N2O3. The molecular weight excluding hydrogens is 244 g/mol. The molecule has 0 spiro atoms. The monoisotopic (exact) mass is 268 g/mol. The molecule has 3 unspecified atom stereocenters. The van der Waals surface area contributed by atoms with Gasteiger partial charge in [-0.2, -0.15) is 0 Å². The van der Waals surface area contributed by atoms with E-state index in [1.54, 1.807) is 0 Å². The Morgan fingerprint density at radius 2 is 2.11 bits per heavy atom. The van der Waals surface area contributed by atoms with Gasteiger partial charge in [-0.05, 0) is 45.6 Å². The molecule has 5 heteroatoms. The van der Waals surface area contributed by atoms with Gasteiger partial charge in [-0.15, -0.1) is 0 Å². The van der Waals surface area contributed by atoms with Crippen LogP contribution in [0.2, 0.25) is 0 Å². The van der Waals surface area contributed by atoms with Crippen molar-refractivity contribution in [3.8, 4) is 0 Å². The highest BCUT2D eigenvalue weighted by atomic mass is 16.5. The van der Waals surface area contributed by atoms with E-state index < -0.39 is 11.5 Å². The van der Waals surface area contributed by atoms with E-state index >= 15 is 0 Å². The summed E-state index contributed by atoms with van der Waals surface area (Å²) in [5.41, 5.74) is -0.681. The number of hydrogen-bond donors (Lipinski definition) is 2. The molecule has 0 aromatic carbocycles.